The molecule has 0 saturated heterocycles. The molecule has 6 heteroatoms. The van der Waals surface area contributed by atoms with Crippen LogP contribution in [-0.4, -0.2) is 19.1 Å². The SMILES string of the molecule is COc1cc(C=CC(=O)Nc2ccc(Cl)c(Cl)c2)ccc1OC(C)C. The van der Waals surface area contributed by atoms with Crippen molar-refractivity contribution in [2.75, 3.05) is 12.4 Å². The van der Waals surface area contributed by atoms with E-state index in [9.17, 15) is 4.79 Å². The van der Waals surface area contributed by atoms with E-state index in [2.05, 4.69) is 5.32 Å². The summed E-state index contributed by atoms with van der Waals surface area (Å²) in [6, 6.07) is 10.4. The fourth-order valence-electron chi connectivity index (χ4n) is 2.07. The largest absolute Gasteiger partial charge is 0.493 e. The van der Waals surface area contributed by atoms with Crippen LogP contribution in [0.2, 0.25) is 10.0 Å². The van der Waals surface area contributed by atoms with Crippen LogP contribution in [0.15, 0.2) is 42.5 Å². The maximum Gasteiger partial charge on any atom is 0.248 e. The monoisotopic (exact) mass is 379 g/mol. The Morgan fingerprint density at radius 3 is 2.48 bits per heavy atom. The van der Waals surface area contributed by atoms with Crippen LogP contribution in [0.4, 0.5) is 5.69 Å². The third-order valence-electron chi connectivity index (χ3n) is 3.16. The van der Waals surface area contributed by atoms with Crippen LogP contribution in [0.5, 0.6) is 11.5 Å². The normalized spacial score (nSPS) is 11.0. The van der Waals surface area contributed by atoms with E-state index >= 15 is 0 Å². The van der Waals surface area contributed by atoms with E-state index in [0.717, 1.165) is 5.56 Å². The average Bonchev–Trinajstić information content (AvgIpc) is 2.57. The Labute approximate surface area is 157 Å². The summed E-state index contributed by atoms with van der Waals surface area (Å²) in [5.74, 6) is 0.996. The number of ether oxygens (including phenoxy) is 2. The van der Waals surface area contributed by atoms with Gasteiger partial charge in [0.2, 0.25) is 5.91 Å². The first-order chi connectivity index (χ1) is 11.9. The van der Waals surface area contributed by atoms with Crippen LogP contribution in [0, 0.1) is 0 Å². The van der Waals surface area contributed by atoms with Gasteiger partial charge in [0.25, 0.3) is 0 Å². The smallest absolute Gasteiger partial charge is 0.248 e. The zero-order chi connectivity index (χ0) is 18.4. The average molecular weight is 380 g/mol. The first-order valence-corrected chi connectivity index (χ1v) is 8.43. The quantitative estimate of drug-likeness (QED) is 0.679. The lowest BCUT2D eigenvalue weighted by Crippen LogP contribution is -2.07. The van der Waals surface area contributed by atoms with Crippen LogP contribution in [0.1, 0.15) is 19.4 Å². The summed E-state index contributed by atoms with van der Waals surface area (Å²) in [5.41, 5.74) is 1.39. The number of benzene rings is 2. The highest BCUT2D eigenvalue weighted by molar-refractivity contribution is 6.42. The van der Waals surface area contributed by atoms with Gasteiger partial charge in [0.15, 0.2) is 11.5 Å². The third kappa shape index (κ3) is 5.69. The molecule has 0 radical (unpaired) electrons. The lowest BCUT2D eigenvalue weighted by molar-refractivity contribution is -0.111. The van der Waals surface area contributed by atoms with Crippen LogP contribution in [-0.2, 0) is 4.79 Å². The van der Waals surface area contributed by atoms with Gasteiger partial charge in [-0.05, 0) is 55.8 Å². The number of anilines is 1. The minimum absolute atomic E-state index is 0.0484. The number of nitrogens with one attached hydrogen (secondary N) is 1. The molecule has 0 aromatic heterocycles. The van der Waals surface area contributed by atoms with Crippen molar-refractivity contribution in [2.24, 2.45) is 0 Å². The van der Waals surface area contributed by atoms with Crippen LogP contribution in [0.25, 0.3) is 6.08 Å². The molecular formula is C19H19Cl2NO3. The second kappa shape index (κ2) is 8.79. The molecule has 0 bridgehead atoms. The van der Waals surface area contributed by atoms with Crippen molar-refractivity contribution >= 4 is 40.9 Å². The Bertz CT molecular complexity index is 788. The van der Waals surface area contributed by atoms with Gasteiger partial charge in [-0.15, -0.1) is 0 Å². The Hall–Kier alpha value is -2.17. The first-order valence-electron chi connectivity index (χ1n) is 7.68. The Morgan fingerprint density at radius 1 is 1.08 bits per heavy atom. The van der Waals surface area contributed by atoms with E-state index in [1.165, 1.54) is 6.08 Å². The number of halogens is 2. The molecule has 0 aliphatic rings. The minimum atomic E-state index is -0.278. The molecule has 0 fully saturated rings. The van der Waals surface area contributed by atoms with Gasteiger partial charge in [-0.25, -0.2) is 0 Å². The van der Waals surface area contributed by atoms with Gasteiger partial charge in [0.1, 0.15) is 0 Å². The number of hydrogen-bond acceptors (Lipinski definition) is 3. The van der Waals surface area contributed by atoms with Crippen molar-refractivity contribution in [1.29, 1.82) is 0 Å². The summed E-state index contributed by atoms with van der Waals surface area (Å²) < 4.78 is 11.0. The molecule has 0 aliphatic carbocycles. The van der Waals surface area contributed by atoms with Crippen molar-refractivity contribution < 1.29 is 14.3 Å². The Morgan fingerprint density at radius 2 is 1.84 bits per heavy atom. The number of hydrogen-bond donors (Lipinski definition) is 1. The van der Waals surface area contributed by atoms with Gasteiger partial charge in [0, 0.05) is 11.8 Å². The van der Waals surface area contributed by atoms with E-state index in [4.69, 9.17) is 32.7 Å². The molecule has 0 spiro atoms. The van der Waals surface area contributed by atoms with Gasteiger partial charge in [-0.2, -0.15) is 0 Å². The highest BCUT2D eigenvalue weighted by Gasteiger charge is 2.07. The fraction of sp³-hybridized carbons (Fsp3) is 0.211. The number of carbonyl (C=O) groups excluding carboxylic acids is 1. The van der Waals surface area contributed by atoms with Crippen molar-refractivity contribution in [3.63, 3.8) is 0 Å². The number of amides is 1. The minimum Gasteiger partial charge on any atom is -0.493 e. The molecule has 0 unspecified atom stereocenters. The number of methoxy groups -OCH3 is 1. The van der Waals surface area contributed by atoms with Crippen molar-refractivity contribution in [1.82, 2.24) is 0 Å². The summed E-state index contributed by atoms with van der Waals surface area (Å²) in [7, 11) is 1.58. The summed E-state index contributed by atoms with van der Waals surface area (Å²) in [4.78, 5) is 12.0. The maximum atomic E-state index is 12.0. The molecule has 1 amide bonds. The second-order valence-electron chi connectivity index (χ2n) is 5.53. The number of carbonyl (C=O) groups is 1. The van der Waals surface area contributed by atoms with Gasteiger partial charge in [0.05, 0.1) is 23.3 Å². The van der Waals surface area contributed by atoms with E-state index in [1.807, 2.05) is 26.0 Å². The summed E-state index contributed by atoms with van der Waals surface area (Å²) in [6.45, 7) is 3.89. The maximum absolute atomic E-state index is 12.0. The van der Waals surface area contributed by atoms with Gasteiger partial charge in [-0.3, -0.25) is 4.79 Å². The van der Waals surface area contributed by atoms with Crippen molar-refractivity contribution in [3.8, 4) is 11.5 Å². The lowest BCUT2D eigenvalue weighted by atomic mass is 10.2. The third-order valence-corrected chi connectivity index (χ3v) is 3.90. The zero-order valence-electron chi connectivity index (χ0n) is 14.2. The van der Waals surface area contributed by atoms with Crippen LogP contribution in [0.3, 0.4) is 0 Å². The summed E-state index contributed by atoms with van der Waals surface area (Å²) >= 11 is 11.8. The van der Waals surface area contributed by atoms with Crippen molar-refractivity contribution in [2.45, 2.75) is 20.0 Å². The fourth-order valence-corrected chi connectivity index (χ4v) is 2.37. The molecule has 4 nitrogen and oxygen atoms in total. The second-order valence-corrected chi connectivity index (χ2v) is 6.34. The molecule has 0 atom stereocenters. The summed E-state index contributed by atoms with van der Waals surface area (Å²) in [6.07, 6.45) is 3.17. The zero-order valence-corrected chi connectivity index (χ0v) is 15.7. The molecule has 2 aromatic carbocycles. The van der Waals surface area contributed by atoms with Gasteiger partial charge in [-0.1, -0.05) is 29.3 Å². The molecule has 132 valence electrons. The predicted octanol–water partition coefficient (Wildman–Crippen LogP) is 5.44. The molecule has 1 N–H and O–H groups in total. The van der Waals surface area contributed by atoms with E-state index in [0.29, 0.717) is 27.2 Å². The van der Waals surface area contributed by atoms with Gasteiger partial charge >= 0.3 is 0 Å². The van der Waals surface area contributed by atoms with E-state index in [1.54, 1.807) is 37.5 Å². The molecule has 25 heavy (non-hydrogen) atoms. The Balaban J connectivity index is 2.07. The molecule has 2 rings (SSSR count). The molecule has 2 aromatic rings. The molecule has 0 aliphatic heterocycles. The molecule has 0 heterocycles. The van der Waals surface area contributed by atoms with Crippen molar-refractivity contribution in [3.05, 3.63) is 58.1 Å². The van der Waals surface area contributed by atoms with E-state index < -0.39 is 0 Å². The topological polar surface area (TPSA) is 47.6 Å². The highest BCUT2D eigenvalue weighted by Crippen LogP contribution is 2.29. The van der Waals surface area contributed by atoms with Gasteiger partial charge < -0.3 is 14.8 Å². The van der Waals surface area contributed by atoms with E-state index in [-0.39, 0.29) is 12.0 Å². The summed E-state index contributed by atoms with van der Waals surface area (Å²) in [5, 5.41) is 3.54. The molecular weight excluding hydrogens is 361 g/mol. The first kappa shape index (κ1) is 19.2. The van der Waals surface area contributed by atoms with Crippen LogP contribution < -0.4 is 14.8 Å². The molecule has 0 saturated carbocycles. The standard InChI is InChI=1S/C19H19Cl2NO3/c1-12(2)25-17-8-4-13(10-18(17)24-3)5-9-19(23)22-14-6-7-15(20)16(21)11-14/h4-12H,1-3H3,(H,22,23). The lowest BCUT2D eigenvalue weighted by Gasteiger charge is -2.13. The number of rotatable bonds is 6. The predicted molar refractivity (Wildman–Crippen MR) is 103 cm³/mol. The highest BCUT2D eigenvalue weighted by atomic mass is 35.5. The Kier molecular flexibility index (Phi) is 6.73. The van der Waals surface area contributed by atoms with Crippen LogP contribution >= 0.6 is 23.2 Å².